The number of carbonyl (C=O) groups is 1. The van der Waals surface area contributed by atoms with Crippen molar-refractivity contribution in [3.63, 3.8) is 0 Å². The highest BCUT2D eigenvalue weighted by atomic mass is 19.1. The Morgan fingerprint density at radius 3 is 2.57 bits per heavy atom. The Kier molecular flexibility index (Phi) is 5.56. The number of likely N-dealkylation sites (N-methyl/N-ethyl adjacent to an activating group) is 1. The van der Waals surface area contributed by atoms with Gasteiger partial charge in [-0.2, -0.15) is 0 Å². The second-order valence-electron chi connectivity index (χ2n) is 7.12. The van der Waals surface area contributed by atoms with Crippen LogP contribution in [0.2, 0.25) is 0 Å². The van der Waals surface area contributed by atoms with E-state index in [9.17, 15) is 13.6 Å². The summed E-state index contributed by atoms with van der Waals surface area (Å²) in [6.45, 7) is 0.791. The second kappa shape index (κ2) is 8.44. The minimum atomic E-state index is -0.459. The summed E-state index contributed by atoms with van der Waals surface area (Å²) in [6, 6.07) is 12.5. The fraction of sp³-hybridized carbons (Fsp3) is 0.227. The van der Waals surface area contributed by atoms with Crippen LogP contribution in [0.5, 0.6) is 0 Å². The molecule has 8 heteroatoms. The molecule has 0 spiro atoms. The van der Waals surface area contributed by atoms with Crippen LogP contribution in [0.1, 0.15) is 11.1 Å². The van der Waals surface area contributed by atoms with Crippen LogP contribution in [0.25, 0.3) is 0 Å². The number of hydrogen-bond donors (Lipinski definition) is 1. The van der Waals surface area contributed by atoms with Crippen molar-refractivity contribution in [2.45, 2.75) is 13.0 Å². The molecule has 0 saturated carbocycles. The first-order valence-electron chi connectivity index (χ1n) is 9.61. The van der Waals surface area contributed by atoms with Crippen molar-refractivity contribution < 1.29 is 13.6 Å². The number of nitrogens with one attached hydrogen (secondary N) is 1. The molecule has 6 nitrogen and oxygen atoms in total. The molecule has 1 aromatic heterocycles. The number of carbonyl (C=O) groups excluding carboxylic acids is 1. The van der Waals surface area contributed by atoms with Gasteiger partial charge >= 0.3 is 0 Å². The molecule has 2 aromatic carbocycles. The third kappa shape index (κ3) is 4.07. The molecule has 0 bridgehead atoms. The lowest BCUT2D eigenvalue weighted by Gasteiger charge is -2.22. The van der Waals surface area contributed by atoms with Crippen LogP contribution in [0.4, 0.5) is 26.1 Å². The number of benzene rings is 2. The molecule has 0 atom stereocenters. The first kappa shape index (κ1) is 19.8. The lowest BCUT2D eigenvalue weighted by Crippen LogP contribution is -2.36. The maximum Gasteiger partial charge on any atom is 0.246 e. The maximum absolute atomic E-state index is 14.4. The van der Waals surface area contributed by atoms with Crippen LogP contribution >= 0.6 is 0 Å². The van der Waals surface area contributed by atoms with Gasteiger partial charge in [0.2, 0.25) is 5.91 Å². The Labute approximate surface area is 173 Å². The smallest absolute Gasteiger partial charge is 0.246 e. The fourth-order valence-electron chi connectivity index (χ4n) is 3.51. The molecule has 0 radical (unpaired) electrons. The van der Waals surface area contributed by atoms with Gasteiger partial charge in [0.05, 0.1) is 24.3 Å². The van der Waals surface area contributed by atoms with Crippen molar-refractivity contribution in [2.24, 2.45) is 0 Å². The largest absolute Gasteiger partial charge is 0.369 e. The average molecular weight is 409 g/mol. The lowest BCUT2D eigenvalue weighted by molar-refractivity contribution is -0.117. The van der Waals surface area contributed by atoms with Gasteiger partial charge in [-0.15, -0.1) is 0 Å². The lowest BCUT2D eigenvalue weighted by atomic mass is 10.1. The van der Waals surface area contributed by atoms with Gasteiger partial charge in [-0.25, -0.2) is 18.7 Å². The normalized spacial score (nSPS) is 13.8. The Balaban J connectivity index is 1.59. The Bertz CT molecular complexity index is 1060. The van der Waals surface area contributed by atoms with Crippen LogP contribution in [0.3, 0.4) is 0 Å². The van der Waals surface area contributed by atoms with Crippen molar-refractivity contribution in [3.8, 4) is 0 Å². The molecule has 0 fully saturated rings. The molecule has 1 N–H and O–H groups in total. The molecular formula is C22H21F2N5O. The number of amides is 1. The maximum atomic E-state index is 14.4. The van der Waals surface area contributed by atoms with Gasteiger partial charge in [-0.1, -0.05) is 24.3 Å². The summed E-state index contributed by atoms with van der Waals surface area (Å²) in [6.07, 6.45) is 2.11. The van der Waals surface area contributed by atoms with E-state index in [-0.39, 0.29) is 30.5 Å². The number of rotatable bonds is 5. The van der Waals surface area contributed by atoms with E-state index >= 15 is 0 Å². The SMILES string of the molecule is CN1CC(=O)N(c2ccccc2F)Cc2c(NCCc3ccc(F)cc3)ncnc21. The molecule has 30 heavy (non-hydrogen) atoms. The zero-order valence-corrected chi connectivity index (χ0v) is 16.5. The first-order valence-corrected chi connectivity index (χ1v) is 9.61. The molecule has 1 amide bonds. The van der Waals surface area contributed by atoms with Gasteiger partial charge in [0, 0.05) is 13.6 Å². The summed E-state index contributed by atoms with van der Waals surface area (Å²) in [5.74, 6) is 0.262. The number of fused-ring (bicyclic) bond motifs is 1. The summed E-state index contributed by atoms with van der Waals surface area (Å²) in [5.41, 5.74) is 1.93. The Hall–Kier alpha value is -3.55. The van der Waals surface area contributed by atoms with Crippen molar-refractivity contribution >= 4 is 23.2 Å². The van der Waals surface area contributed by atoms with Gasteiger partial charge in [0.15, 0.2) is 0 Å². The third-order valence-electron chi connectivity index (χ3n) is 5.04. The summed E-state index contributed by atoms with van der Waals surface area (Å²) >= 11 is 0. The summed E-state index contributed by atoms with van der Waals surface area (Å²) < 4.78 is 27.5. The van der Waals surface area contributed by atoms with Gasteiger partial charge in [-0.3, -0.25) is 4.79 Å². The first-order chi connectivity index (χ1) is 14.5. The molecule has 0 aliphatic carbocycles. The molecule has 154 valence electrons. The summed E-state index contributed by atoms with van der Waals surface area (Å²) in [5, 5.41) is 3.28. The standard InChI is InChI=1S/C22H21F2N5O/c1-28-13-20(30)29(19-5-3-2-4-18(19)24)12-17-21(26-14-27-22(17)28)25-11-10-15-6-8-16(23)9-7-15/h2-9,14H,10-13H2,1H3,(H,25,26,27). The molecule has 2 heterocycles. The van der Waals surface area contributed by atoms with Gasteiger partial charge in [-0.05, 0) is 36.2 Å². The number of hydrogen-bond acceptors (Lipinski definition) is 5. The van der Waals surface area contributed by atoms with E-state index in [1.165, 1.54) is 29.4 Å². The molecule has 4 rings (SSSR count). The van der Waals surface area contributed by atoms with Gasteiger partial charge < -0.3 is 15.1 Å². The number of aromatic nitrogens is 2. The highest BCUT2D eigenvalue weighted by Gasteiger charge is 2.29. The predicted molar refractivity (Wildman–Crippen MR) is 111 cm³/mol. The molecular weight excluding hydrogens is 388 g/mol. The molecule has 1 aliphatic rings. The number of nitrogens with zero attached hydrogens (tertiary/aromatic N) is 4. The van der Waals surface area contributed by atoms with E-state index in [1.807, 2.05) is 0 Å². The number of halogens is 2. The van der Waals surface area contributed by atoms with Gasteiger partial charge in [0.25, 0.3) is 0 Å². The van der Waals surface area contributed by atoms with E-state index in [4.69, 9.17) is 0 Å². The quantitative estimate of drug-likeness (QED) is 0.700. The highest BCUT2D eigenvalue weighted by Crippen LogP contribution is 2.31. The van der Waals surface area contributed by atoms with Crippen molar-refractivity contribution in [3.05, 3.63) is 77.6 Å². The van der Waals surface area contributed by atoms with Crippen molar-refractivity contribution in [1.82, 2.24) is 9.97 Å². The number of anilines is 3. The van der Waals surface area contributed by atoms with Crippen LogP contribution in [-0.4, -0.2) is 36.0 Å². The predicted octanol–water partition coefficient (Wildman–Crippen LogP) is 3.39. The zero-order chi connectivity index (χ0) is 21.1. The van der Waals surface area contributed by atoms with E-state index in [0.717, 1.165) is 5.56 Å². The van der Waals surface area contributed by atoms with Crippen LogP contribution < -0.4 is 15.1 Å². The van der Waals surface area contributed by atoms with Crippen LogP contribution in [-0.2, 0) is 17.8 Å². The van der Waals surface area contributed by atoms with E-state index in [0.29, 0.717) is 30.2 Å². The Morgan fingerprint density at radius 1 is 1.03 bits per heavy atom. The molecule has 0 saturated heterocycles. The monoisotopic (exact) mass is 409 g/mol. The van der Waals surface area contributed by atoms with Crippen molar-refractivity contribution in [1.29, 1.82) is 0 Å². The van der Waals surface area contributed by atoms with E-state index < -0.39 is 5.82 Å². The minimum Gasteiger partial charge on any atom is -0.369 e. The fourth-order valence-corrected chi connectivity index (χ4v) is 3.51. The van der Waals surface area contributed by atoms with Crippen molar-refractivity contribution in [2.75, 3.05) is 35.3 Å². The molecule has 3 aromatic rings. The van der Waals surface area contributed by atoms with E-state index in [1.54, 1.807) is 42.3 Å². The summed E-state index contributed by atoms with van der Waals surface area (Å²) in [4.78, 5) is 24.7. The molecule has 0 unspecified atom stereocenters. The summed E-state index contributed by atoms with van der Waals surface area (Å²) in [7, 11) is 1.77. The van der Waals surface area contributed by atoms with Gasteiger partial charge in [0.1, 0.15) is 29.6 Å². The highest BCUT2D eigenvalue weighted by molar-refractivity contribution is 5.98. The molecule has 1 aliphatic heterocycles. The Morgan fingerprint density at radius 2 is 1.80 bits per heavy atom. The average Bonchev–Trinajstić information content (AvgIpc) is 2.86. The second-order valence-corrected chi connectivity index (χ2v) is 7.12. The van der Waals surface area contributed by atoms with E-state index in [2.05, 4.69) is 15.3 Å². The zero-order valence-electron chi connectivity index (χ0n) is 16.5. The third-order valence-corrected chi connectivity index (χ3v) is 5.04. The van der Waals surface area contributed by atoms with Crippen LogP contribution in [0, 0.1) is 11.6 Å². The van der Waals surface area contributed by atoms with Crippen LogP contribution in [0.15, 0.2) is 54.9 Å². The number of para-hydroxylation sites is 1. The minimum absolute atomic E-state index is 0.0768. The topological polar surface area (TPSA) is 61.4 Å².